The number of allylic oxidation sites excluding steroid dienone is 2. The standard InChI is InChI=1S/C43H44N4O4S4/c1-24(2)11-13-27-17-32(36(16-26(27)4)50-42(54)46(7)8)35-20-30-22-38(49-41(53)45-6)34(19-31(30)23-39(35)51-43(55)47(9)10)33-18-28-14-12-25(3)15-29(28)21-37(33)48-40(52)44-5/h11-23H,1H2,2-10H3,(H,44,52)(H,45,53)/p+1. The van der Waals surface area contributed by atoms with Crippen LogP contribution in [0.25, 0.3) is 49.9 Å². The number of nitrogens with two attached hydrogens (primary N) is 1. The van der Waals surface area contributed by atoms with Crippen molar-refractivity contribution < 1.29 is 24.3 Å². The van der Waals surface area contributed by atoms with E-state index in [1.54, 1.807) is 22.2 Å². The molecule has 3 N–H and O–H groups in total. The van der Waals surface area contributed by atoms with E-state index in [1.165, 1.54) is 0 Å². The predicted octanol–water partition coefficient (Wildman–Crippen LogP) is 8.72. The van der Waals surface area contributed by atoms with E-state index in [2.05, 4.69) is 49.2 Å². The van der Waals surface area contributed by atoms with Crippen molar-refractivity contribution in [3.8, 4) is 45.3 Å². The molecule has 5 rings (SSSR count). The Hall–Kier alpha value is -4.98. The number of hydrogen-bond acceptors (Lipinski definition) is 8. The summed E-state index contributed by atoms with van der Waals surface area (Å²) in [5, 5.41) is 9.57. The molecular weight excluding hydrogens is 765 g/mol. The highest BCUT2D eigenvalue weighted by atomic mass is 32.1. The summed E-state index contributed by atoms with van der Waals surface area (Å²) in [6.45, 7) is 10.1. The van der Waals surface area contributed by atoms with Gasteiger partial charge in [-0.3, -0.25) is 5.32 Å². The smallest absolute Gasteiger partial charge is 0.365 e. The Morgan fingerprint density at radius 2 is 1.13 bits per heavy atom. The summed E-state index contributed by atoms with van der Waals surface area (Å²) in [6, 6.07) is 22.4. The minimum atomic E-state index is 0.203. The highest BCUT2D eigenvalue weighted by Gasteiger charge is 2.23. The largest absolute Gasteiger partial charge is 0.431 e. The third kappa shape index (κ3) is 9.83. The second-order valence-corrected chi connectivity index (χ2v) is 15.0. The summed E-state index contributed by atoms with van der Waals surface area (Å²) in [6.07, 6.45) is 4.01. The van der Waals surface area contributed by atoms with Gasteiger partial charge in [0, 0.05) is 69.7 Å². The van der Waals surface area contributed by atoms with Gasteiger partial charge in [-0.1, -0.05) is 48.1 Å². The van der Waals surface area contributed by atoms with Crippen LogP contribution in [0.1, 0.15) is 23.6 Å². The lowest BCUT2D eigenvalue weighted by Crippen LogP contribution is -2.84. The molecule has 0 saturated carbocycles. The molecule has 284 valence electrons. The van der Waals surface area contributed by atoms with Gasteiger partial charge >= 0.3 is 5.17 Å². The van der Waals surface area contributed by atoms with Crippen molar-refractivity contribution >= 4 is 97.2 Å². The fourth-order valence-corrected chi connectivity index (χ4v) is 6.04. The van der Waals surface area contributed by atoms with Crippen molar-refractivity contribution in [2.45, 2.75) is 20.8 Å². The lowest BCUT2D eigenvalue weighted by molar-refractivity contribution is -0.515. The van der Waals surface area contributed by atoms with Gasteiger partial charge in [-0.15, -0.1) is 0 Å². The molecule has 0 radical (unpaired) electrons. The molecule has 8 nitrogen and oxygen atoms in total. The quantitative estimate of drug-likeness (QED) is 0.117. The van der Waals surface area contributed by atoms with Crippen LogP contribution in [-0.4, -0.2) is 72.8 Å². The molecule has 12 heteroatoms. The Morgan fingerprint density at radius 1 is 0.655 bits per heavy atom. The van der Waals surface area contributed by atoms with Gasteiger partial charge in [0.2, 0.25) is 0 Å². The first kappa shape index (κ1) is 41.2. The molecule has 0 saturated heterocycles. The fraction of sp³-hybridized carbons (Fsp3) is 0.209. The van der Waals surface area contributed by atoms with Crippen LogP contribution in [0.15, 0.2) is 85.0 Å². The Balaban J connectivity index is 1.86. The maximum absolute atomic E-state index is 6.48. The highest BCUT2D eigenvalue weighted by Crippen LogP contribution is 2.46. The average Bonchev–Trinajstić information content (AvgIpc) is 3.13. The summed E-state index contributed by atoms with van der Waals surface area (Å²) < 4.78 is 25.4. The van der Waals surface area contributed by atoms with Crippen molar-refractivity contribution in [2.75, 3.05) is 42.3 Å². The van der Waals surface area contributed by atoms with Gasteiger partial charge in [-0.2, -0.15) is 0 Å². The SMILES string of the molecule is C=C(C)C=Cc1cc(-c2cc3cc(OC(=S)NC)c(-c4cc5ccc(C)cc5cc4OC(=S)[NH2+]C)cc3cc2OC(=S)N(C)C)c(OC(=S)N(C)C)cc1C. The lowest BCUT2D eigenvalue weighted by Gasteiger charge is -2.22. The number of ether oxygens (including phenoxy) is 4. The Labute approximate surface area is 344 Å². The monoisotopic (exact) mass is 809 g/mol. The number of rotatable bonds is 8. The Kier molecular flexibility index (Phi) is 13.2. The minimum Gasteiger partial charge on any atom is -0.431 e. The van der Waals surface area contributed by atoms with Gasteiger partial charge < -0.3 is 34.1 Å². The fourth-order valence-electron chi connectivity index (χ4n) is 5.68. The summed E-state index contributed by atoms with van der Waals surface area (Å²) in [7, 11) is 10.9. The molecule has 5 aromatic carbocycles. The number of nitrogens with zero attached hydrogens (tertiary/aromatic N) is 2. The van der Waals surface area contributed by atoms with Gasteiger partial charge in [0.25, 0.3) is 15.5 Å². The lowest BCUT2D eigenvalue weighted by atomic mass is 9.92. The van der Waals surface area contributed by atoms with Crippen molar-refractivity contribution in [3.63, 3.8) is 0 Å². The van der Waals surface area contributed by atoms with E-state index in [4.69, 9.17) is 67.8 Å². The van der Waals surface area contributed by atoms with Crippen LogP contribution < -0.4 is 29.6 Å². The molecule has 0 aliphatic rings. The number of benzene rings is 5. The third-order valence-corrected chi connectivity index (χ3v) is 10.1. The number of quaternary nitrogens is 1. The highest BCUT2D eigenvalue weighted by molar-refractivity contribution is 7.80. The normalized spacial score (nSPS) is 11.0. The zero-order valence-electron chi connectivity index (χ0n) is 32.5. The molecule has 0 atom stereocenters. The average molecular weight is 810 g/mol. The predicted molar refractivity (Wildman–Crippen MR) is 243 cm³/mol. The van der Waals surface area contributed by atoms with Crippen molar-refractivity contribution in [2.24, 2.45) is 0 Å². The number of thiocarbonyl (C=S) groups is 4. The van der Waals surface area contributed by atoms with Crippen LogP contribution in [0.3, 0.4) is 0 Å². The van der Waals surface area contributed by atoms with Crippen molar-refractivity contribution in [1.29, 1.82) is 0 Å². The number of hydrogen-bond donors (Lipinski definition) is 2. The first-order chi connectivity index (χ1) is 26.1. The summed E-state index contributed by atoms with van der Waals surface area (Å²) in [5.74, 6) is 2.17. The molecule has 0 aromatic heterocycles. The van der Waals surface area contributed by atoms with Crippen LogP contribution in [0.2, 0.25) is 0 Å². The Bertz CT molecular complexity index is 2400. The van der Waals surface area contributed by atoms with E-state index in [0.717, 1.165) is 66.1 Å². The third-order valence-electron chi connectivity index (χ3n) is 8.61. The van der Waals surface area contributed by atoms with Gasteiger partial charge in [0.15, 0.2) is 0 Å². The zero-order valence-corrected chi connectivity index (χ0v) is 35.7. The number of aryl methyl sites for hydroxylation is 2. The molecule has 0 spiro atoms. The zero-order chi connectivity index (χ0) is 40.1. The number of nitrogens with one attached hydrogen (secondary N) is 1. The molecule has 0 fully saturated rings. The van der Waals surface area contributed by atoms with Gasteiger partial charge in [-0.05, 0) is 139 Å². The van der Waals surface area contributed by atoms with Gasteiger partial charge in [-0.25, -0.2) is 0 Å². The molecule has 0 amide bonds. The Morgan fingerprint density at radius 3 is 1.64 bits per heavy atom. The molecule has 0 unspecified atom stereocenters. The van der Waals surface area contributed by atoms with Crippen LogP contribution in [0, 0.1) is 13.8 Å². The first-order valence-electron chi connectivity index (χ1n) is 17.4. The summed E-state index contributed by atoms with van der Waals surface area (Å²) in [4.78, 5) is 3.49. The van der Waals surface area contributed by atoms with Crippen LogP contribution in [0.4, 0.5) is 0 Å². The van der Waals surface area contributed by atoms with E-state index in [-0.39, 0.29) is 10.3 Å². The maximum Gasteiger partial charge on any atom is 0.365 e. The second kappa shape index (κ2) is 17.7. The number of fused-ring (bicyclic) bond motifs is 2. The molecule has 0 heterocycles. The van der Waals surface area contributed by atoms with Crippen molar-refractivity contribution in [3.05, 3.63) is 102 Å². The van der Waals surface area contributed by atoms with Crippen LogP contribution in [0.5, 0.6) is 23.0 Å². The summed E-state index contributed by atoms with van der Waals surface area (Å²) in [5.41, 5.74) is 7.00. The molecule has 55 heavy (non-hydrogen) atoms. The van der Waals surface area contributed by atoms with E-state index in [9.17, 15) is 0 Å². The molecule has 0 bridgehead atoms. The topological polar surface area (TPSA) is 72.0 Å². The first-order valence-corrected chi connectivity index (χ1v) is 19.1. The van der Waals surface area contributed by atoms with Gasteiger partial charge in [0.1, 0.15) is 23.0 Å². The van der Waals surface area contributed by atoms with E-state index in [0.29, 0.717) is 33.3 Å². The van der Waals surface area contributed by atoms with Crippen LogP contribution >= 0.6 is 48.9 Å². The van der Waals surface area contributed by atoms with E-state index >= 15 is 0 Å². The van der Waals surface area contributed by atoms with E-state index in [1.807, 2.05) is 97.6 Å². The molecule has 5 aromatic rings. The van der Waals surface area contributed by atoms with Crippen LogP contribution in [-0.2, 0) is 0 Å². The maximum atomic E-state index is 6.48. The molecule has 0 aliphatic carbocycles. The van der Waals surface area contributed by atoms with Gasteiger partial charge in [0.05, 0.1) is 7.05 Å². The second-order valence-electron chi connectivity index (χ2n) is 13.5. The molecule has 0 aliphatic heterocycles. The van der Waals surface area contributed by atoms with E-state index < -0.39 is 0 Å². The molecular formula is C43H45N4O4S4+. The summed E-state index contributed by atoms with van der Waals surface area (Å²) >= 11 is 22.4. The minimum absolute atomic E-state index is 0.203. The van der Waals surface area contributed by atoms with Crippen molar-refractivity contribution in [1.82, 2.24) is 15.1 Å².